The van der Waals surface area contributed by atoms with Gasteiger partial charge in [-0.3, -0.25) is 19.8 Å². The van der Waals surface area contributed by atoms with Gasteiger partial charge in [-0.2, -0.15) is 0 Å². The first-order chi connectivity index (χ1) is 21.8. The molecule has 0 unspecified atom stereocenters. The van der Waals surface area contributed by atoms with Crippen LogP contribution in [0.2, 0.25) is 0 Å². The molecule has 4 rings (SSSR count). The molecule has 0 aromatic heterocycles. The zero-order valence-electron chi connectivity index (χ0n) is 25.7. The Kier molecular flexibility index (Phi) is 11.3. The summed E-state index contributed by atoms with van der Waals surface area (Å²) in [6.07, 6.45) is 4.31. The fraction of sp³-hybridized carbons (Fsp3) is 0.286. The van der Waals surface area contributed by atoms with E-state index in [1.165, 1.54) is 18.2 Å². The number of ether oxygens (including phenoxy) is 4. The van der Waals surface area contributed by atoms with Crippen molar-refractivity contribution in [1.82, 2.24) is 10.2 Å². The number of barbiturate groups is 1. The highest BCUT2D eigenvalue weighted by atomic mass is 19.1. The summed E-state index contributed by atoms with van der Waals surface area (Å²) in [4.78, 5) is 40.2. The Balaban J connectivity index is 1.64. The standard InChI is InChI=1S/C35H37FN2O7/c1-5-10-26-16-25(20-31(43-8-4)32(26)45-22-24-11-9-12-27(36)17-24)18-28-33(39)37-35(41)38(34(28)40)21-23-13-14-29(44-15-6-2)30(19-23)42-7-3/h5,9,11-14,16-20H,1,6-8,10,15,21-22H2,2-4H3,(H,37,39,41)/b28-18+. The number of allylic oxidation sites excluding steroid dienone is 1. The summed E-state index contributed by atoms with van der Waals surface area (Å²) in [5.74, 6) is -0.0436. The van der Waals surface area contributed by atoms with Crippen molar-refractivity contribution in [3.05, 3.63) is 101 Å². The molecule has 0 radical (unpaired) electrons. The van der Waals surface area contributed by atoms with E-state index < -0.39 is 17.8 Å². The van der Waals surface area contributed by atoms with E-state index in [2.05, 4.69) is 11.9 Å². The van der Waals surface area contributed by atoms with Crippen LogP contribution in [0.15, 0.2) is 72.8 Å². The minimum atomic E-state index is -0.824. The Morgan fingerprint density at radius 1 is 0.867 bits per heavy atom. The Morgan fingerprint density at radius 2 is 1.64 bits per heavy atom. The maximum atomic E-state index is 13.7. The van der Waals surface area contributed by atoms with Crippen molar-refractivity contribution in [2.45, 2.75) is 46.8 Å². The third-order valence-corrected chi connectivity index (χ3v) is 6.70. The van der Waals surface area contributed by atoms with E-state index in [1.54, 1.807) is 48.5 Å². The highest BCUT2D eigenvalue weighted by molar-refractivity contribution is 6.31. The molecule has 1 N–H and O–H groups in total. The summed E-state index contributed by atoms with van der Waals surface area (Å²) in [5, 5.41) is 2.26. The number of nitrogens with zero attached hydrogens (tertiary/aromatic N) is 1. The highest BCUT2D eigenvalue weighted by Gasteiger charge is 2.36. The second-order valence-corrected chi connectivity index (χ2v) is 10.1. The summed E-state index contributed by atoms with van der Waals surface area (Å²) in [6.45, 7) is 10.7. The maximum Gasteiger partial charge on any atom is 0.331 e. The minimum Gasteiger partial charge on any atom is -0.490 e. The van der Waals surface area contributed by atoms with Crippen LogP contribution in [0.4, 0.5) is 9.18 Å². The van der Waals surface area contributed by atoms with Crippen molar-refractivity contribution in [1.29, 1.82) is 0 Å². The number of benzene rings is 3. The quantitative estimate of drug-likeness (QED) is 0.120. The topological polar surface area (TPSA) is 103 Å². The first-order valence-corrected chi connectivity index (χ1v) is 14.8. The molecular weight excluding hydrogens is 579 g/mol. The Hall–Kier alpha value is -5.12. The molecule has 1 fully saturated rings. The lowest BCUT2D eigenvalue weighted by Crippen LogP contribution is -2.53. The molecule has 4 amide bonds. The molecule has 3 aromatic carbocycles. The van der Waals surface area contributed by atoms with Gasteiger partial charge < -0.3 is 18.9 Å². The zero-order valence-corrected chi connectivity index (χ0v) is 25.7. The van der Waals surface area contributed by atoms with Crippen molar-refractivity contribution in [3.8, 4) is 23.0 Å². The SMILES string of the molecule is C=CCc1cc(/C=C2\C(=O)NC(=O)N(Cc3ccc(OCCC)c(OCC)c3)C2=O)cc(OCC)c1OCc1cccc(F)c1. The van der Waals surface area contributed by atoms with Gasteiger partial charge in [-0.05, 0) is 85.9 Å². The van der Waals surface area contributed by atoms with Crippen LogP contribution in [0.3, 0.4) is 0 Å². The number of urea groups is 1. The molecule has 45 heavy (non-hydrogen) atoms. The van der Waals surface area contributed by atoms with Gasteiger partial charge in [0.15, 0.2) is 23.0 Å². The van der Waals surface area contributed by atoms with Crippen molar-refractivity contribution in [2.75, 3.05) is 19.8 Å². The average molecular weight is 617 g/mol. The number of rotatable bonds is 15. The van der Waals surface area contributed by atoms with E-state index in [9.17, 15) is 18.8 Å². The largest absolute Gasteiger partial charge is 0.490 e. The fourth-order valence-corrected chi connectivity index (χ4v) is 4.72. The molecule has 1 heterocycles. The second-order valence-electron chi connectivity index (χ2n) is 10.1. The van der Waals surface area contributed by atoms with Crippen LogP contribution in [0, 0.1) is 5.82 Å². The Bertz CT molecular complexity index is 1600. The van der Waals surface area contributed by atoms with Crippen LogP contribution in [0.1, 0.15) is 49.4 Å². The van der Waals surface area contributed by atoms with Crippen molar-refractivity contribution >= 4 is 23.9 Å². The van der Waals surface area contributed by atoms with Gasteiger partial charge in [-0.1, -0.05) is 31.2 Å². The molecule has 0 aliphatic carbocycles. The molecule has 3 aromatic rings. The van der Waals surface area contributed by atoms with E-state index in [0.717, 1.165) is 11.3 Å². The van der Waals surface area contributed by atoms with Gasteiger partial charge in [0.1, 0.15) is 18.0 Å². The van der Waals surface area contributed by atoms with Gasteiger partial charge >= 0.3 is 6.03 Å². The van der Waals surface area contributed by atoms with E-state index in [0.29, 0.717) is 71.5 Å². The van der Waals surface area contributed by atoms with Crippen LogP contribution in [-0.4, -0.2) is 42.6 Å². The zero-order chi connectivity index (χ0) is 32.3. The van der Waals surface area contributed by atoms with Gasteiger partial charge in [0.2, 0.25) is 0 Å². The van der Waals surface area contributed by atoms with Crippen LogP contribution in [0.5, 0.6) is 23.0 Å². The molecular formula is C35H37FN2O7. The van der Waals surface area contributed by atoms with Crippen LogP contribution >= 0.6 is 0 Å². The molecule has 0 spiro atoms. The van der Waals surface area contributed by atoms with Gasteiger partial charge in [0.25, 0.3) is 11.8 Å². The van der Waals surface area contributed by atoms with Crippen molar-refractivity contribution in [2.24, 2.45) is 0 Å². The average Bonchev–Trinajstić information content (AvgIpc) is 3.01. The van der Waals surface area contributed by atoms with Gasteiger partial charge in [0, 0.05) is 5.56 Å². The minimum absolute atomic E-state index is 0.0943. The lowest BCUT2D eigenvalue weighted by molar-refractivity contribution is -0.130. The van der Waals surface area contributed by atoms with Gasteiger partial charge in [-0.15, -0.1) is 6.58 Å². The maximum absolute atomic E-state index is 13.7. The van der Waals surface area contributed by atoms with E-state index in [-0.39, 0.29) is 24.5 Å². The molecule has 0 saturated carbocycles. The summed E-state index contributed by atoms with van der Waals surface area (Å²) >= 11 is 0. The molecule has 1 aliphatic rings. The first kappa shape index (κ1) is 32.8. The second kappa shape index (κ2) is 15.6. The fourth-order valence-electron chi connectivity index (χ4n) is 4.72. The molecule has 0 bridgehead atoms. The predicted molar refractivity (Wildman–Crippen MR) is 168 cm³/mol. The number of carbonyl (C=O) groups excluding carboxylic acids is 3. The number of imide groups is 2. The number of amides is 4. The summed E-state index contributed by atoms with van der Waals surface area (Å²) in [7, 11) is 0. The lowest BCUT2D eigenvalue weighted by Gasteiger charge is -2.27. The highest BCUT2D eigenvalue weighted by Crippen LogP contribution is 2.36. The molecule has 1 saturated heterocycles. The van der Waals surface area contributed by atoms with Crippen molar-refractivity contribution in [3.63, 3.8) is 0 Å². The number of hydrogen-bond acceptors (Lipinski definition) is 7. The first-order valence-electron chi connectivity index (χ1n) is 14.8. The Morgan fingerprint density at radius 3 is 2.36 bits per heavy atom. The lowest BCUT2D eigenvalue weighted by atomic mass is 10.0. The summed E-state index contributed by atoms with van der Waals surface area (Å²) in [5.41, 5.74) is 2.20. The van der Waals surface area contributed by atoms with Gasteiger partial charge in [0.05, 0.1) is 26.4 Å². The van der Waals surface area contributed by atoms with Crippen molar-refractivity contribution < 1.29 is 37.7 Å². The smallest absolute Gasteiger partial charge is 0.331 e. The number of nitrogens with one attached hydrogen (secondary N) is 1. The number of halogens is 1. The third-order valence-electron chi connectivity index (χ3n) is 6.70. The van der Waals surface area contributed by atoms with E-state index >= 15 is 0 Å². The van der Waals surface area contributed by atoms with Crippen LogP contribution < -0.4 is 24.3 Å². The Labute approximate surface area is 262 Å². The molecule has 236 valence electrons. The van der Waals surface area contributed by atoms with Crippen LogP contribution in [-0.2, 0) is 29.2 Å². The summed E-state index contributed by atoms with van der Waals surface area (Å²) < 4.78 is 37.1. The molecule has 10 heteroatoms. The predicted octanol–water partition coefficient (Wildman–Crippen LogP) is 6.38. The van der Waals surface area contributed by atoms with E-state index in [4.69, 9.17) is 18.9 Å². The summed E-state index contributed by atoms with van der Waals surface area (Å²) in [6, 6.07) is 13.9. The molecule has 0 atom stereocenters. The molecule has 1 aliphatic heterocycles. The number of hydrogen-bond donors (Lipinski definition) is 1. The normalized spacial score (nSPS) is 13.9. The monoisotopic (exact) mass is 616 g/mol. The number of carbonyl (C=O) groups is 3. The third kappa shape index (κ3) is 8.29. The van der Waals surface area contributed by atoms with E-state index in [1.807, 2.05) is 20.8 Å². The van der Waals surface area contributed by atoms with Crippen LogP contribution in [0.25, 0.3) is 6.08 Å². The molecule has 9 nitrogen and oxygen atoms in total. The van der Waals surface area contributed by atoms with Gasteiger partial charge in [-0.25, -0.2) is 9.18 Å².